The van der Waals surface area contributed by atoms with Crippen LogP contribution in [-0.2, 0) is 11.2 Å². The maximum Gasteiger partial charge on any atom is 0.221 e. The van der Waals surface area contributed by atoms with E-state index >= 15 is 0 Å². The Morgan fingerprint density at radius 2 is 1.92 bits per heavy atom. The lowest BCUT2D eigenvalue weighted by Gasteiger charge is -2.11. The molecule has 0 saturated carbocycles. The summed E-state index contributed by atoms with van der Waals surface area (Å²) in [5, 5.41) is 6.90. The maximum atomic E-state index is 11.9. The van der Waals surface area contributed by atoms with E-state index in [0.717, 1.165) is 34.0 Å². The second-order valence-corrected chi connectivity index (χ2v) is 5.91. The Hall–Kier alpha value is -2.20. The van der Waals surface area contributed by atoms with Gasteiger partial charge in [0.2, 0.25) is 5.91 Å². The van der Waals surface area contributed by atoms with E-state index in [9.17, 15) is 4.79 Å². The van der Waals surface area contributed by atoms with Crippen LogP contribution in [0.4, 0.5) is 5.69 Å². The van der Waals surface area contributed by atoms with Crippen LogP contribution in [-0.4, -0.2) is 26.1 Å². The van der Waals surface area contributed by atoms with Crippen molar-refractivity contribution in [1.29, 1.82) is 0 Å². The van der Waals surface area contributed by atoms with Crippen LogP contribution in [0.25, 0.3) is 0 Å². The molecule has 2 aromatic carbocycles. The standard InChI is InChI=1S/C19H23ClN2O2/c1-14-16(20)7-5-8-17(14)21-13-11-19(23)22-12-10-15-6-3-4-9-18(15)24-2/h3-9,21H,10-13H2,1-2H3,(H,22,23). The molecular weight excluding hydrogens is 324 g/mol. The van der Waals surface area contributed by atoms with Gasteiger partial charge in [-0.2, -0.15) is 0 Å². The van der Waals surface area contributed by atoms with Crippen molar-refractivity contribution in [2.75, 3.05) is 25.5 Å². The van der Waals surface area contributed by atoms with E-state index in [0.29, 0.717) is 19.5 Å². The SMILES string of the molecule is COc1ccccc1CCNC(=O)CCNc1cccc(Cl)c1C. The number of rotatable bonds is 8. The molecule has 0 aromatic heterocycles. The van der Waals surface area contributed by atoms with Gasteiger partial charge in [0.1, 0.15) is 5.75 Å². The molecule has 2 aromatic rings. The van der Waals surface area contributed by atoms with Gasteiger partial charge in [-0.3, -0.25) is 4.79 Å². The molecule has 1 amide bonds. The number of carbonyl (C=O) groups is 1. The van der Waals surface area contributed by atoms with E-state index in [1.54, 1.807) is 7.11 Å². The highest BCUT2D eigenvalue weighted by Crippen LogP contribution is 2.22. The number of nitrogens with one attached hydrogen (secondary N) is 2. The molecule has 5 heteroatoms. The molecule has 24 heavy (non-hydrogen) atoms. The number of hydrogen-bond donors (Lipinski definition) is 2. The minimum atomic E-state index is 0.0251. The van der Waals surface area contributed by atoms with Crippen molar-refractivity contribution in [1.82, 2.24) is 5.32 Å². The molecule has 0 spiro atoms. The topological polar surface area (TPSA) is 50.4 Å². The van der Waals surface area contributed by atoms with Crippen LogP contribution in [0, 0.1) is 6.92 Å². The first-order valence-corrected chi connectivity index (χ1v) is 8.37. The summed E-state index contributed by atoms with van der Waals surface area (Å²) in [6, 6.07) is 13.5. The Kier molecular flexibility index (Phi) is 6.94. The van der Waals surface area contributed by atoms with Gasteiger partial charge in [0.25, 0.3) is 0 Å². The number of anilines is 1. The third kappa shape index (κ3) is 5.17. The molecule has 0 unspecified atom stereocenters. The van der Waals surface area contributed by atoms with Crippen LogP contribution in [0.15, 0.2) is 42.5 Å². The van der Waals surface area contributed by atoms with Gasteiger partial charge in [-0.05, 0) is 42.7 Å². The summed E-state index contributed by atoms with van der Waals surface area (Å²) in [6.07, 6.45) is 1.16. The summed E-state index contributed by atoms with van der Waals surface area (Å²) in [6.45, 7) is 3.12. The van der Waals surface area contributed by atoms with Crippen molar-refractivity contribution >= 4 is 23.2 Å². The minimum absolute atomic E-state index is 0.0251. The van der Waals surface area contributed by atoms with E-state index in [1.165, 1.54) is 0 Å². The van der Waals surface area contributed by atoms with E-state index in [4.69, 9.17) is 16.3 Å². The van der Waals surface area contributed by atoms with Crippen LogP contribution in [0.5, 0.6) is 5.75 Å². The Labute approximate surface area is 148 Å². The summed E-state index contributed by atoms with van der Waals surface area (Å²) < 4.78 is 5.30. The van der Waals surface area contributed by atoms with Gasteiger partial charge >= 0.3 is 0 Å². The number of hydrogen-bond acceptors (Lipinski definition) is 3. The molecule has 0 aliphatic rings. The maximum absolute atomic E-state index is 11.9. The van der Waals surface area contributed by atoms with Gasteiger partial charge in [-0.15, -0.1) is 0 Å². The van der Waals surface area contributed by atoms with Crippen LogP contribution >= 0.6 is 11.6 Å². The Morgan fingerprint density at radius 3 is 2.71 bits per heavy atom. The van der Waals surface area contributed by atoms with Gasteiger partial charge < -0.3 is 15.4 Å². The van der Waals surface area contributed by atoms with Gasteiger partial charge in [-0.25, -0.2) is 0 Å². The van der Waals surface area contributed by atoms with Crippen molar-refractivity contribution < 1.29 is 9.53 Å². The molecule has 0 radical (unpaired) electrons. The van der Waals surface area contributed by atoms with Gasteiger partial charge in [-0.1, -0.05) is 35.9 Å². The highest BCUT2D eigenvalue weighted by molar-refractivity contribution is 6.31. The van der Waals surface area contributed by atoms with E-state index in [2.05, 4.69) is 10.6 Å². The van der Waals surface area contributed by atoms with Crippen molar-refractivity contribution in [3.8, 4) is 5.75 Å². The zero-order valence-electron chi connectivity index (χ0n) is 14.1. The highest BCUT2D eigenvalue weighted by atomic mass is 35.5. The second-order valence-electron chi connectivity index (χ2n) is 5.50. The predicted molar refractivity (Wildman–Crippen MR) is 99.0 cm³/mol. The normalized spacial score (nSPS) is 10.3. The molecule has 2 rings (SSSR count). The fourth-order valence-electron chi connectivity index (χ4n) is 2.44. The molecule has 0 saturated heterocycles. The Balaban J connectivity index is 1.71. The Morgan fingerprint density at radius 1 is 1.12 bits per heavy atom. The molecule has 4 nitrogen and oxygen atoms in total. The number of amides is 1. The highest BCUT2D eigenvalue weighted by Gasteiger charge is 2.05. The molecule has 2 N–H and O–H groups in total. The smallest absolute Gasteiger partial charge is 0.221 e. The third-order valence-corrected chi connectivity index (χ3v) is 4.25. The summed E-state index contributed by atoms with van der Waals surface area (Å²) >= 11 is 6.08. The predicted octanol–water partition coefficient (Wildman–Crippen LogP) is 3.82. The van der Waals surface area contributed by atoms with Crippen LogP contribution in [0.3, 0.4) is 0 Å². The Bertz CT molecular complexity index is 689. The largest absolute Gasteiger partial charge is 0.496 e. The van der Waals surface area contributed by atoms with Gasteiger partial charge in [0, 0.05) is 30.2 Å². The first-order valence-electron chi connectivity index (χ1n) is 7.99. The molecule has 0 atom stereocenters. The average molecular weight is 347 g/mol. The number of carbonyl (C=O) groups excluding carboxylic acids is 1. The zero-order chi connectivity index (χ0) is 17.4. The number of halogens is 1. The van der Waals surface area contributed by atoms with Crippen LogP contribution in [0.1, 0.15) is 17.5 Å². The summed E-state index contributed by atoms with van der Waals surface area (Å²) in [5.74, 6) is 0.877. The number of methoxy groups -OCH3 is 1. The van der Waals surface area contributed by atoms with E-state index < -0.39 is 0 Å². The molecule has 0 heterocycles. The summed E-state index contributed by atoms with van der Waals surface area (Å²) in [4.78, 5) is 11.9. The molecule has 0 fully saturated rings. The lowest BCUT2D eigenvalue weighted by Crippen LogP contribution is -2.27. The van der Waals surface area contributed by atoms with Crippen LogP contribution < -0.4 is 15.4 Å². The molecule has 0 aliphatic heterocycles. The molecular formula is C19H23ClN2O2. The summed E-state index contributed by atoms with van der Waals surface area (Å²) in [5.41, 5.74) is 3.05. The number of para-hydroxylation sites is 1. The van der Waals surface area contributed by atoms with Crippen LogP contribution in [0.2, 0.25) is 5.02 Å². The lowest BCUT2D eigenvalue weighted by molar-refractivity contribution is -0.120. The second kappa shape index (κ2) is 9.18. The lowest BCUT2D eigenvalue weighted by atomic mass is 10.1. The summed E-state index contributed by atoms with van der Waals surface area (Å²) in [7, 11) is 1.65. The first kappa shape index (κ1) is 18.1. The van der Waals surface area contributed by atoms with E-state index in [1.807, 2.05) is 49.4 Å². The average Bonchev–Trinajstić information content (AvgIpc) is 2.59. The minimum Gasteiger partial charge on any atom is -0.496 e. The zero-order valence-corrected chi connectivity index (χ0v) is 14.8. The molecule has 0 bridgehead atoms. The monoisotopic (exact) mass is 346 g/mol. The number of ether oxygens (including phenoxy) is 1. The third-order valence-electron chi connectivity index (χ3n) is 3.84. The number of benzene rings is 2. The van der Waals surface area contributed by atoms with Gasteiger partial charge in [0.05, 0.1) is 7.11 Å². The van der Waals surface area contributed by atoms with Crippen molar-refractivity contribution in [3.63, 3.8) is 0 Å². The quantitative estimate of drug-likeness (QED) is 0.764. The molecule has 0 aliphatic carbocycles. The van der Waals surface area contributed by atoms with Crippen molar-refractivity contribution in [3.05, 3.63) is 58.6 Å². The fraction of sp³-hybridized carbons (Fsp3) is 0.316. The van der Waals surface area contributed by atoms with E-state index in [-0.39, 0.29) is 5.91 Å². The van der Waals surface area contributed by atoms with Crippen molar-refractivity contribution in [2.24, 2.45) is 0 Å². The molecule has 128 valence electrons. The first-order chi connectivity index (χ1) is 11.6. The fourth-order valence-corrected chi connectivity index (χ4v) is 2.62. The van der Waals surface area contributed by atoms with Crippen molar-refractivity contribution in [2.45, 2.75) is 19.8 Å². The van der Waals surface area contributed by atoms with Gasteiger partial charge in [0.15, 0.2) is 0 Å².